The fourth-order valence-electron chi connectivity index (χ4n) is 3.46. The van der Waals surface area contributed by atoms with Gasteiger partial charge in [0.15, 0.2) is 0 Å². The lowest BCUT2D eigenvalue weighted by Gasteiger charge is -2.20. The minimum atomic E-state index is -3.71. The second-order valence-electron chi connectivity index (χ2n) is 7.20. The number of hydrogen-bond acceptors (Lipinski definition) is 6. The van der Waals surface area contributed by atoms with Gasteiger partial charge in [0.05, 0.1) is 30.2 Å². The highest BCUT2D eigenvalue weighted by Gasteiger charge is 2.27. The summed E-state index contributed by atoms with van der Waals surface area (Å²) in [7, 11) is -1.01. The summed E-state index contributed by atoms with van der Waals surface area (Å²) < 4.78 is 37.6. The summed E-state index contributed by atoms with van der Waals surface area (Å²) in [5.41, 5.74) is 0.902. The number of methoxy groups -OCH3 is 2. The quantitative estimate of drug-likeness (QED) is 0.683. The molecule has 1 amide bonds. The van der Waals surface area contributed by atoms with Crippen molar-refractivity contribution >= 4 is 27.6 Å². The van der Waals surface area contributed by atoms with E-state index in [1.165, 1.54) is 48.9 Å². The fourth-order valence-corrected chi connectivity index (χ4v) is 5.01. The van der Waals surface area contributed by atoms with Gasteiger partial charge in [0, 0.05) is 18.8 Å². The van der Waals surface area contributed by atoms with Crippen molar-refractivity contribution in [3.05, 3.63) is 53.6 Å². The number of esters is 1. The van der Waals surface area contributed by atoms with Crippen LogP contribution in [-0.4, -0.2) is 51.9 Å². The average Bonchev–Trinajstić information content (AvgIpc) is 3.09. The summed E-state index contributed by atoms with van der Waals surface area (Å²) >= 11 is 0. The first kappa shape index (κ1) is 22.8. The van der Waals surface area contributed by atoms with Crippen LogP contribution in [0.15, 0.2) is 47.4 Å². The van der Waals surface area contributed by atoms with E-state index in [1.807, 2.05) is 0 Å². The van der Waals surface area contributed by atoms with E-state index in [0.29, 0.717) is 24.3 Å². The van der Waals surface area contributed by atoms with E-state index in [9.17, 15) is 18.0 Å². The topological polar surface area (TPSA) is 102 Å². The van der Waals surface area contributed by atoms with Gasteiger partial charge in [0.2, 0.25) is 10.0 Å². The van der Waals surface area contributed by atoms with Crippen LogP contribution in [0.2, 0.25) is 0 Å². The molecule has 1 aliphatic rings. The Kier molecular flexibility index (Phi) is 7.29. The number of nitrogens with zero attached hydrogens (tertiary/aromatic N) is 1. The highest BCUT2D eigenvalue weighted by molar-refractivity contribution is 7.89. The van der Waals surface area contributed by atoms with Crippen LogP contribution in [0.25, 0.3) is 0 Å². The van der Waals surface area contributed by atoms with E-state index in [1.54, 1.807) is 12.1 Å². The summed E-state index contributed by atoms with van der Waals surface area (Å²) in [6, 6.07) is 10.5. The van der Waals surface area contributed by atoms with Gasteiger partial charge in [0.1, 0.15) is 5.75 Å². The smallest absolute Gasteiger partial charge is 0.337 e. The largest absolute Gasteiger partial charge is 0.496 e. The van der Waals surface area contributed by atoms with Crippen molar-refractivity contribution in [2.45, 2.75) is 30.6 Å². The maximum absolute atomic E-state index is 13.1. The van der Waals surface area contributed by atoms with Crippen LogP contribution in [0.4, 0.5) is 5.69 Å². The molecule has 1 saturated heterocycles. The zero-order valence-corrected chi connectivity index (χ0v) is 18.4. The van der Waals surface area contributed by atoms with E-state index in [-0.39, 0.29) is 16.2 Å². The highest BCUT2D eigenvalue weighted by atomic mass is 32.2. The Balaban J connectivity index is 1.86. The first-order valence-electron chi connectivity index (χ1n) is 10.0. The van der Waals surface area contributed by atoms with Gasteiger partial charge in [-0.25, -0.2) is 13.2 Å². The van der Waals surface area contributed by atoms with Gasteiger partial charge in [-0.1, -0.05) is 12.8 Å². The molecule has 0 bridgehead atoms. The SMILES string of the molecule is COC(=O)c1ccc(NC(=O)c2cc(S(=O)(=O)N3CCCCCC3)ccc2OC)cc1. The lowest BCUT2D eigenvalue weighted by Crippen LogP contribution is -2.32. The second-order valence-corrected chi connectivity index (χ2v) is 9.14. The van der Waals surface area contributed by atoms with Crippen molar-refractivity contribution in [2.24, 2.45) is 0 Å². The molecule has 0 radical (unpaired) electrons. The van der Waals surface area contributed by atoms with Crippen molar-refractivity contribution in [3.8, 4) is 5.75 Å². The van der Waals surface area contributed by atoms with Crippen molar-refractivity contribution in [1.29, 1.82) is 0 Å². The van der Waals surface area contributed by atoms with E-state index in [0.717, 1.165) is 25.7 Å². The zero-order valence-electron chi connectivity index (χ0n) is 17.6. The molecule has 2 aromatic carbocycles. The number of nitrogens with one attached hydrogen (secondary N) is 1. The molecule has 0 atom stereocenters. The minimum Gasteiger partial charge on any atom is -0.496 e. The van der Waals surface area contributed by atoms with Gasteiger partial charge in [-0.05, 0) is 55.3 Å². The van der Waals surface area contributed by atoms with Gasteiger partial charge in [-0.15, -0.1) is 0 Å². The summed E-state index contributed by atoms with van der Waals surface area (Å²) in [6.45, 7) is 0.949. The van der Waals surface area contributed by atoms with Gasteiger partial charge >= 0.3 is 5.97 Å². The van der Waals surface area contributed by atoms with Crippen LogP contribution in [0.1, 0.15) is 46.4 Å². The number of hydrogen-bond donors (Lipinski definition) is 1. The molecule has 0 aliphatic carbocycles. The van der Waals surface area contributed by atoms with Crippen molar-refractivity contribution in [3.63, 3.8) is 0 Å². The van der Waals surface area contributed by atoms with Gasteiger partial charge in [-0.2, -0.15) is 4.31 Å². The van der Waals surface area contributed by atoms with Crippen LogP contribution < -0.4 is 10.1 Å². The lowest BCUT2D eigenvalue weighted by atomic mass is 10.1. The molecule has 0 unspecified atom stereocenters. The molecule has 0 spiro atoms. The molecule has 0 aromatic heterocycles. The number of sulfonamides is 1. The third-order valence-corrected chi connectivity index (χ3v) is 7.08. The molecule has 1 heterocycles. The average molecular weight is 447 g/mol. The minimum absolute atomic E-state index is 0.0568. The highest BCUT2D eigenvalue weighted by Crippen LogP contribution is 2.27. The molecule has 31 heavy (non-hydrogen) atoms. The van der Waals surface area contributed by atoms with E-state index in [4.69, 9.17) is 4.74 Å². The van der Waals surface area contributed by atoms with Gasteiger partial charge in [0.25, 0.3) is 5.91 Å². The van der Waals surface area contributed by atoms with Gasteiger partial charge < -0.3 is 14.8 Å². The number of rotatable bonds is 6. The summed E-state index contributed by atoms with van der Waals surface area (Å²) in [5.74, 6) is -0.736. The Bertz CT molecular complexity index is 1040. The Morgan fingerprint density at radius 3 is 2.16 bits per heavy atom. The Labute approximate surface area is 182 Å². The summed E-state index contributed by atoms with van der Waals surface area (Å²) in [4.78, 5) is 24.5. The molecule has 3 rings (SSSR count). The molecule has 166 valence electrons. The maximum atomic E-state index is 13.1. The first-order chi connectivity index (χ1) is 14.9. The second kappa shape index (κ2) is 9.93. The molecule has 9 heteroatoms. The number of anilines is 1. The summed E-state index contributed by atoms with van der Waals surface area (Å²) in [5, 5.41) is 2.71. The Morgan fingerprint density at radius 2 is 1.58 bits per heavy atom. The maximum Gasteiger partial charge on any atom is 0.337 e. The van der Waals surface area contributed by atoms with Crippen molar-refractivity contribution in [1.82, 2.24) is 4.31 Å². The number of amides is 1. The van der Waals surface area contributed by atoms with Crippen LogP contribution in [0.3, 0.4) is 0 Å². The van der Waals surface area contributed by atoms with Crippen LogP contribution in [-0.2, 0) is 14.8 Å². The normalized spacial score (nSPS) is 15.0. The molecule has 0 saturated carbocycles. The molecular formula is C22H26N2O6S. The molecule has 1 aliphatic heterocycles. The number of ether oxygens (including phenoxy) is 2. The third kappa shape index (κ3) is 5.23. The fraction of sp³-hybridized carbons (Fsp3) is 0.364. The third-order valence-electron chi connectivity index (χ3n) is 5.18. The van der Waals surface area contributed by atoms with Crippen LogP contribution in [0.5, 0.6) is 5.75 Å². The number of carbonyl (C=O) groups is 2. The summed E-state index contributed by atoms with van der Waals surface area (Å²) in [6.07, 6.45) is 3.67. The van der Waals surface area contributed by atoms with Crippen molar-refractivity contribution < 1.29 is 27.5 Å². The molecule has 8 nitrogen and oxygen atoms in total. The van der Waals surface area contributed by atoms with E-state index < -0.39 is 21.9 Å². The van der Waals surface area contributed by atoms with Crippen molar-refractivity contribution in [2.75, 3.05) is 32.6 Å². The first-order valence-corrected chi connectivity index (χ1v) is 11.5. The molecule has 1 N–H and O–H groups in total. The zero-order chi connectivity index (χ0) is 22.4. The lowest BCUT2D eigenvalue weighted by molar-refractivity contribution is 0.0600. The predicted octanol–water partition coefficient (Wildman–Crippen LogP) is 3.30. The number of carbonyl (C=O) groups excluding carboxylic acids is 2. The Morgan fingerprint density at radius 1 is 0.935 bits per heavy atom. The molecular weight excluding hydrogens is 420 g/mol. The standard InChI is InChI=1S/C22H26N2O6S/c1-29-20-12-11-18(31(27,28)24-13-5-3-4-6-14-24)15-19(20)21(25)23-17-9-7-16(8-10-17)22(26)30-2/h7-12,15H,3-6,13-14H2,1-2H3,(H,23,25). The van der Waals surface area contributed by atoms with E-state index in [2.05, 4.69) is 10.1 Å². The molecule has 1 fully saturated rings. The molecule has 2 aromatic rings. The monoisotopic (exact) mass is 446 g/mol. The number of benzene rings is 2. The Hall–Kier alpha value is -2.91. The van der Waals surface area contributed by atoms with Crippen LogP contribution >= 0.6 is 0 Å². The van der Waals surface area contributed by atoms with Gasteiger partial charge in [-0.3, -0.25) is 4.79 Å². The van der Waals surface area contributed by atoms with E-state index >= 15 is 0 Å². The van der Waals surface area contributed by atoms with Crippen LogP contribution in [0, 0.1) is 0 Å². The predicted molar refractivity (Wildman–Crippen MR) is 116 cm³/mol.